The highest BCUT2D eigenvalue weighted by atomic mass is 19.1. The molecule has 19 heavy (non-hydrogen) atoms. The van der Waals surface area contributed by atoms with Crippen molar-refractivity contribution in [1.82, 2.24) is 9.97 Å². The predicted octanol–water partition coefficient (Wildman–Crippen LogP) is 2.89. The zero-order chi connectivity index (χ0) is 13.4. The summed E-state index contributed by atoms with van der Waals surface area (Å²) in [5, 5.41) is 0. The Morgan fingerprint density at radius 1 is 1.37 bits per heavy atom. The number of hydrogen-bond donors (Lipinski definition) is 1. The van der Waals surface area contributed by atoms with Gasteiger partial charge in [0.05, 0.1) is 6.07 Å². The third-order valence-electron chi connectivity index (χ3n) is 3.05. The van der Waals surface area contributed by atoms with Gasteiger partial charge in [-0.15, -0.1) is 0 Å². The summed E-state index contributed by atoms with van der Waals surface area (Å²) in [4.78, 5) is 18.5. The molecule has 1 saturated carbocycles. The molecule has 1 aromatic carbocycles. The van der Waals surface area contributed by atoms with Crippen molar-refractivity contribution in [1.29, 1.82) is 0 Å². The van der Waals surface area contributed by atoms with E-state index in [2.05, 4.69) is 9.97 Å². The lowest BCUT2D eigenvalue weighted by molar-refractivity contribution is 0.455. The fraction of sp³-hybridized carbons (Fsp3) is 0.286. The van der Waals surface area contributed by atoms with Crippen molar-refractivity contribution in [2.75, 3.05) is 0 Å². The summed E-state index contributed by atoms with van der Waals surface area (Å²) in [7, 11) is 0. The van der Waals surface area contributed by atoms with Crippen LogP contribution in [0, 0.1) is 12.7 Å². The normalized spacial score (nSPS) is 14.4. The highest BCUT2D eigenvalue weighted by molar-refractivity contribution is 5.31. The van der Waals surface area contributed by atoms with Gasteiger partial charge in [0.25, 0.3) is 5.56 Å². The van der Waals surface area contributed by atoms with Crippen molar-refractivity contribution in [2.45, 2.75) is 25.7 Å². The average molecular weight is 260 g/mol. The molecule has 0 spiro atoms. The Kier molecular flexibility index (Phi) is 2.81. The molecule has 1 N–H and O–H groups in total. The molecule has 2 aromatic rings. The predicted molar refractivity (Wildman–Crippen MR) is 68.0 cm³/mol. The van der Waals surface area contributed by atoms with Gasteiger partial charge in [0.1, 0.15) is 17.4 Å². The molecule has 0 bridgehead atoms. The van der Waals surface area contributed by atoms with Crippen LogP contribution in [0.15, 0.2) is 29.1 Å². The van der Waals surface area contributed by atoms with E-state index in [9.17, 15) is 9.18 Å². The van der Waals surface area contributed by atoms with Crippen molar-refractivity contribution in [3.05, 3.63) is 51.8 Å². The Labute approximate surface area is 109 Å². The second-order valence-corrected chi connectivity index (χ2v) is 4.76. The summed E-state index contributed by atoms with van der Waals surface area (Å²) >= 11 is 0. The maximum absolute atomic E-state index is 13.2. The molecule has 3 rings (SSSR count). The molecule has 0 unspecified atom stereocenters. The number of ether oxygens (including phenoxy) is 1. The molecule has 5 heteroatoms. The van der Waals surface area contributed by atoms with E-state index in [0.29, 0.717) is 23.1 Å². The van der Waals surface area contributed by atoms with Crippen molar-refractivity contribution in [3.63, 3.8) is 0 Å². The lowest BCUT2D eigenvalue weighted by Crippen LogP contribution is -2.10. The summed E-state index contributed by atoms with van der Waals surface area (Å²) in [5.74, 6) is 1.44. The zero-order valence-electron chi connectivity index (χ0n) is 10.4. The smallest absolute Gasteiger partial charge is 0.254 e. The van der Waals surface area contributed by atoms with E-state index >= 15 is 0 Å². The first-order valence-electron chi connectivity index (χ1n) is 6.17. The van der Waals surface area contributed by atoms with Gasteiger partial charge in [-0.05, 0) is 43.5 Å². The SMILES string of the molecule is Cc1cc(Oc2cc(=O)[nH]c(C3CC3)n2)ccc1F. The second-order valence-electron chi connectivity index (χ2n) is 4.76. The minimum Gasteiger partial charge on any atom is -0.439 e. The van der Waals surface area contributed by atoms with Gasteiger partial charge >= 0.3 is 0 Å². The molecule has 0 saturated heterocycles. The maximum atomic E-state index is 13.2. The average Bonchev–Trinajstić information content (AvgIpc) is 3.17. The topological polar surface area (TPSA) is 55.0 Å². The van der Waals surface area contributed by atoms with E-state index in [0.717, 1.165) is 12.8 Å². The van der Waals surface area contributed by atoms with Crippen LogP contribution in [-0.2, 0) is 0 Å². The first-order valence-corrected chi connectivity index (χ1v) is 6.17. The van der Waals surface area contributed by atoms with Crippen molar-refractivity contribution in [3.8, 4) is 11.6 Å². The number of hydrogen-bond acceptors (Lipinski definition) is 3. The molecule has 1 fully saturated rings. The van der Waals surface area contributed by atoms with Crippen LogP contribution in [0.4, 0.5) is 4.39 Å². The summed E-state index contributed by atoms with van der Waals surface area (Å²) in [6.45, 7) is 1.66. The quantitative estimate of drug-likeness (QED) is 0.923. The fourth-order valence-electron chi connectivity index (χ4n) is 1.86. The Balaban J connectivity index is 1.89. The van der Waals surface area contributed by atoms with Crippen LogP contribution in [0.5, 0.6) is 11.6 Å². The van der Waals surface area contributed by atoms with Crippen LogP contribution < -0.4 is 10.3 Å². The molecule has 1 heterocycles. The van der Waals surface area contributed by atoms with Gasteiger partial charge in [-0.25, -0.2) is 4.39 Å². The molecule has 0 radical (unpaired) electrons. The number of aryl methyl sites for hydroxylation is 1. The van der Waals surface area contributed by atoms with Gasteiger partial charge in [0.2, 0.25) is 5.88 Å². The number of H-pyrrole nitrogens is 1. The Bertz CT molecular complexity index is 677. The van der Waals surface area contributed by atoms with E-state index in [-0.39, 0.29) is 17.3 Å². The molecule has 0 aliphatic heterocycles. The standard InChI is InChI=1S/C14H13FN2O2/c1-8-6-10(4-5-11(8)15)19-13-7-12(18)16-14(17-13)9-2-3-9/h4-7,9H,2-3H2,1H3,(H,16,17,18). The van der Waals surface area contributed by atoms with Gasteiger partial charge < -0.3 is 9.72 Å². The van der Waals surface area contributed by atoms with Gasteiger partial charge in [-0.2, -0.15) is 4.98 Å². The van der Waals surface area contributed by atoms with E-state index in [1.165, 1.54) is 18.2 Å². The highest BCUT2D eigenvalue weighted by Crippen LogP contribution is 2.38. The molecule has 1 aliphatic carbocycles. The zero-order valence-corrected chi connectivity index (χ0v) is 10.4. The summed E-state index contributed by atoms with van der Waals surface area (Å²) in [5.41, 5.74) is 0.260. The van der Waals surface area contributed by atoms with Gasteiger partial charge in [0, 0.05) is 5.92 Å². The molecule has 4 nitrogen and oxygen atoms in total. The molecular formula is C14H13FN2O2. The highest BCUT2D eigenvalue weighted by Gasteiger charge is 2.26. The van der Waals surface area contributed by atoms with E-state index < -0.39 is 0 Å². The number of nitrogens with zero attached hydrogens (tertiary/aromatic N) is 1. The minimum absolute atomic E-state index is 0.231. The monoisotopic (exact) mass is 260 g/mol. The van der Waals surface area contributed by atoms with Gasteiger partial charge in [0.15, 0.2) is 0 Å². The summed E-state index contributed by atoms with van der Waals surface area (Å²) in [6, 6.07) is 5.72. The Hall–Kier alpha value is -2.17. The Morgan fingerprint density at radius 2 is 2.16 bits per heavy atom. The Morgan fingerprint density at radius 3 is 2.84 bits per heavy atom. The first-order chi connectivity index (χ1) is 9.11. The molecule has 0 amide bonds. The number of nitrogens with one attached hydrogen (secondary N) is 1. The summed E-state index contributed by atoms with van der Waals surface area (Å²) < 4.78 is 18.7. The van der Waals surface area contributed by atoms with Crippen LogP contribution in [0.3, 0.4) is 0 Å². The van der Waals surface area contributed by atoms with Gasteiger partial charge in [-0.3, -0.25) is 4.79 Å². The minimum atomic E-state index is -0.287. The maximum Gasteiger partial charge on any atom is 0.254 e. The van der Waals surface area contributed by atoms with Gasteiger partial charge in [-0.1, -0.05) is 0 Å². The second kappa shape index (κ2) is 4.50. The van der Waals surface area contributed by atoms with Crippen molar-refractivity contribution >= 4 is 0 Å². The van der Waals surface area contributed by atoms with E-state index in [4.69, 9.17) is 4.74 Å². The fourth-order valence-corrected chi connectivity index (χ4v) is 1.86. The largest absolute Gasteiger partial charge is 0.439 e. The molecular weight excluding hydrogens is 247 g/mol. The number of benzene rings is 1. The van der Waals surface area contributed by atoms with Crippen LogP contribution >= 0.6 is 0 Å². The lowest BCUT2D eigenvalue weighted by atomic mass is 10.2. The molecule has 1 aliphatic rings. The molecule has 98 valence electrons. The lowest BCUT2D eigenvalue weighted by Gasteiger charge is -2.07. The van der Waals surface area contributed by atoms with Crippen LogP contribution in [0.1, 0.15) is 30.1 Å². The number of rotatable bonds is 3. The third-order valence-corrected chi connectivity index (χ3v) is 3.05. The van der Waals surface area contributed by atoms with Crippen LogP contribution in [0.25, 0.3) is 0 Å². The molecule has 0 atom stereocenters. The van der Waals surface area contributed by atoms with Crippen molar-refractivity contribution < 1.29 is 9.13 Å². The number of halogens is 1. The third kappa shape index (κ3) is 2.65. The number of aromatic amines is 1. The van der Waals surface area contributed by atoms with Crippen LogP contribution in [-0.4, -0.2) is 9.97 Å². The number of aromatic nitrogens is 2. The van der Waals surface area contributed by atoms with E-state index in [1.807, 2.05) is 0 Å². The van der Waals surface area contributed by atoms with Crippen LogP contribution in [0.2, 0.25) is 0 Å². The molecule has 1 aromatic heterocycles. The van der Waals surface area contributed by atoms with E-state index in [1.54, 1.807) is 13.0 Å². The first kappa shape index (κ1) is 11.9. The van der Waals surface area contributed by atoms with Crippen molar-refractivity contribution in [2.24, 2.45) is 0 Å². The summed E-state index contributed by atoms with van der Waals surface area (Å²) in [6.07, 6.45) is 2.09.